The zero-order valence-corrected chi connectivity index (χ0v) is 20.7. The van der Waals surface area contributed by atoms with E-state index >= 15 is 0 Å². The molecule has 2 aromatic rings. The SMILES string of the molecule is C=C(/C=C\C(=C/N)c1nc2cc(C(F)(F)F)ccc2[nH]1)N1CCN(C2=CC=C(S(C)(=O)=O)CC2)CC1. The highest BCUT2D eigenvalue weighted by molar-refractivity contribution is 7.94. The Kier molecular flexibility index (Phi) is 7.03. The summed E-state index contributed by atoms with van der Waals surface area (Å²) in [4.78, 5) is 12.2. The van der Waals surface area contributed by atoms with Crippen LogP contribution in [-0.4, -0.2) is 60.6 Å². The van der Waals surface area contributed by atoms with Crippen molar-refractivity contribution in [1.29, 1.82) is 0 Å². The van der Waals surface area contributed by atoms with Crippen molar-refractivity contribution in [2.24, 2.45) is 5.73 Å². The molecule has 0 radical (unpaired) electrons. The van der Waals surface area contributed by atoms with Gasteiger partial charge in [-0.2, -0.15) is 13.2 Å². The van der Waals surface area contributed by atoms with Gasteiger partial charge in [-0.25, -0.2) is 13.4 Å². The fourth-order valence-corrected chi connectivity index (χ4v) is 5.07. The molecule has 11 heteroatoms. The van der Waals surface area contributed by atoms with E-state index in [1.54, 1.807) is 12.2 Å². The molecule has 1 fully saturated rings. The van der Waals surface area contributed by atoms with Crippen LogP contribution < -0.4 is 5.73 Å². The predicted molar refractivity (Wildman–Crippen MR) is 135 cm³/mol. The van der Waals surface area contributed by atoms with Gasteiger partial charge in [-0.3, -0.25) is 0 Å². The number of sulfone groups is 1. The molecule has 2 heterocycles. The van der Waals surface area contributed by atoms with Gasteiger partial charge in [0.2, 0.25) is 0 Å². The van der Waals surface area contributed by atoms with Crippen LogP contribution in [0.4, 0.5) is 13.2 Å². The summed E-state index contributed by atoms with van der Waals surface area (Å²) in [6, 6.07) is 3.37. The van der Waals surface area contributed by atoms with Crippen LogP contribution in [0.1, 0.15) is 24.2 Å². The monoisotopic (exact) mass is 519 g/mol. The first kappa shape index (κ1) is 25.6. The number of alkyl halides is 3. The van der Waals surface area contributed by atoms with E-state index in [-0.39, 0.29) is 5.52 Å². The molecule has 1 aromatic carbocycles. The minimum atomic E-state index is -4.44. The molecule has 1 aliphatic carbocycles. The lowest BCUT2D eigenvalue weighted by molar-refractivity contribution is -0.137. The van der Waals surface area contributed by atoms with Crippen molar-refractivity contribution in [2.45, 2.75) is 19.0 Å². The maximum absolute atomic E-state index is 13.0. The molecule has 3 N–H and O–H groups in total. The molecule has 192 valence electrons. The molecule has 2 aliphatic rings. The van der Waals surface area contributed by atoms with Crippen LogP contribution in [0.25, 0.3) is 16.6 Å². The smallest absolute Gasteiger partial charge is 0.404 e. The maximum atomic E-state index is 13.0. The lowest BCUT2D eigenvalue weighted by Crippen LogP contribution is -2.45. The predicted octanol–water partition coefficient (Wildman–Crippen LogP) is 4.18. The molecule has 1 aliphatic heterocycles. The molecule has 0 saturated carbocycles. The minimum Gasteiger partial charge on any atom is -0.404 e. The molecule has 0 atom stereocenters. The number of rotatable bonds is 6. The molecule has 4 rings (SSSR count). The number of benzene rings is 1. The van der Waals surface area contributed by atoms with Gasteiger partial charge in [0.05, 0.1) is 16.6 Å². The van der Waals surface area contributed by atoms with E-state index in [9.17, 15) is 21.6 Å². The topological polar surface area (TPSA) is 95.3 Å². The van der Waals surface area contributed by atoms with E-state index in [0.717, 1.165) is 49.7 Å². The number of allylic oxidation sites excluding steroid dienone is 7. The molecule has 1 aromatic heterocycles. The number of piperazine rings is 1. The lowest BCUT2D eigenvalue weighted by Gasteiger charge is -2.39. The Bertz CT molecular complexity index is 1390. The van der Waals surface area contributed by atoms with Crippen LogP contribution >= 0.6 is 0 Å². The van der Waals surface area contributed by atoms with Crippen LogP contribution in [0.3, 0.4) is 0 Å². The molecular weight excluding hydrogens is 491 g/mol. The summed E-state index contributed by atoms with van der Waals surface area (Å²) < 4.78 is 62.4. The number of fused-ring (bicyclic) bond motifs is 1. The summed E-state index contributed by atoms with van der Waals surface area (Å²) in [5.74, 6) is 0.367. The van der Waals surface area contributed by atoms with Crippen molar-refractivity contribution in [3.63, 3.8) is 0 Å². The summed E-state index contributed by atoms with van der Waals surface area (Å²) in [5, 5.41) is 0. The first-order valence-corrected chi connectivity index (χ1v) is 13.3. The van der Waals surface area contributed by atoms with E-state index in [1.807, 2.05) is 12.2 Å². The molecule has 7 nitrogen and oxygen atoms in total. The number of hydrogen-bond donors (Lipinski definition) is 2. The lowest BCUT2D eigenvalue weighted by atomic mass is 10.1. The number of nitrogens with zero attached hydrogens (tertiary/aromatic N) is 3. The number of nitrogens with one attached hydrogen (secondary N) is 1. The number of hydrogen-bond acceptors (Lipinski definition) is 6. The molecule has 0 bridgehead atoms. The second kappa shape index (κ2) is 9.88. The fraction of sp³-hybridized carbons (Fsp3) is 0.320. The van der Waals surface area contributed by atoms with E-state index in [2.05, 4.69) is 26.3 Å². The second-order valence-corrected chi connectivity index (χ2v) is 10.9. The van der Waals surface area contributed by atoms with Crippen LogP contribution in [0, 0.1) is 0 Å². The minimum absolute atomic E-state index is 0.207. The second-order valence-electron chi connectivity index (χ2n) is 8.80. The molecular formula is C25H28F3N5O2S. The van der Waals surface area contributed by atoms with Crippen molar-refractivity contribution < 1.29 is 21.6 Å². The fourth-order valence-electron chi connectivity index (χ4n) is 4.28. The van der Waals surface area contributed by atoms with Gasteiger partial charge in [0, 0.05) is 60.5 Å². The Balaban J connectivity index is 1.38. The Labute approximate surface area is 208 Å². The van der Waals surface area contributed by atoms with Crippen LogP contribution in [0.5, 0.6) is 0 Å². The molecule has 0 unspecified atom stereocenters. The standard InChI is InChI=1S/C25H28F3N5O2S/c1-17(32-11-13-33(14-12-32)20-6-8-21(9-7-20)36(2,34)35)3-4-18(16-29)24-30-22-10-5-19(25(26,27)28)15-23(22)31-24/h3-6,8,10,15-16H,1,7,9,11-14,29H2,2H3,(H,30,31)/b4-3-,18-16+. The van der Waals surface area contributed by atoms with Gasteiger partial charge in [-0.05, 0) is 55.3 Å². The zero-order chi connectivity index (χ0) is 26.1. The molecule has 1 saturated heterocycles. The van der Waals surface area contributed by atoms with Crippen LogP contribution in [0.15, 0.2) is 71.6 Å². The van der Waals surface area contributed by atoms with E-state index < -0.39 is 21.6 Å². The average Bonchev–Trinajstić information content (AvgIpc) is 3.26. The quantitative estimate of drug-likeness (QED) is 0.556. The summed E-state index contributed by atoms with van der Waals surface area (Å²) >= 11 is 0. The first-order valence-electron chi connectivity index (χ1n) is 11.4. The van der Waals surface area contributed by atoms with Crippen molar-refractivity contribution in [1.82, 2.24) is 19.8 Å². The van der Waals surface area contributed by atoms with Crippen LogP contribution in [-0.2, 0) is 16.0 Å². The highest BCUT2D eigenvalue weighted by Gasteiger charge is 2.31. The van der Waals surface area contributed by atoms with E-state index in [0.29, 0.717) is 34.7 Å². The van der Waals surface area contributed by atoms with Gasteiger partial charge in [-0.1, -0.05) is 6.58 Å². The van der Waals surface area contributed by atoms with Crippen molar-refractivity contribution in [3.05, 3.63) is 83.0 Å². The van der Waals surface area contributed by atoms with Gasteiger partial charge >= 0.3 is 6.18 Å². The van der Waals surface area contributed by atoms with Gasteiger partial charge in [0.25, 0.3) is 0 Å². The largest absolute Gasteiger partial charge is 0.416 e. The summed E-state index contributed by atoms with van der Waals surface area (Å²) in [6.07, 6.45) is 6.50. The third-order valence-electron chi connectivity index (χ3n) is 6.38. The third-order valence-corrected chi connectivity index (χ3v) is 7.67. The molecule has 0 amide bonds. The number of aromatic amines is 1. The van der Waals surface area contributed by atoms with Gasteiger partial charge in [0.1, 0.15) is 5.82 Å². The van der Waals surface area contributed by atoms with Crippen LogP contribution in [0.2, 0.25) is 0 Å². The highest BCUT2D eigenvalue weighted by atomic mass is 32.2. The van der Waals surface area contributed by atoms with E-state index in [4.69, 9.17) is 5.73 Å². The number of nitrogens with two attached hydrogens (primary N) is 1. The maximum Gasteiger partial charge on any atom is 0.416 e. The Morgan fingerprint density at radius 2 is 1.86 bits per heavy atom. The first-order chi connectivity index (χ1) is 17.0. The van der Waals surface area contributed by atoms with Crippen molar-refractivity contribution in [3.8, 4) is 0 Å². The normalized spacial score (nSPS) is 18.1. The molecule has 0 spiro atoms. The van der Waals surface area contributed by atoms with Gasteiger partial charge < -0.3 is 20.5 Å². The molecule has 36 heavy (non-hydrogen) atoms. The summed E-state index contributed by atoms with van der Waals surface area (Å²) in [6.45, 7) is 7.20. The summed E-state index contributed by atoms with van der Waals surface area (Å²) in [5.41, 5.74) is 8.15. The Morgan fingerprint density at radius 3 is 2.44 bits per heavy atom. The Morgan fingerprint density at radius 1 is 1.14 bits per heavy atom. The number of imidazole rings is 1. The number of halogens is 3. The van der Waals surface area contributed by atoms with Crippen molar-refractivity contribution in [2.75, 3.05) is 32.4 Å². The summed E-state index contributed by atoms with van der Waals surface area (Å²) in [7, 11) is -3.15. The van der Waals surface area contributed by atoms with E-state index in [1.165, 1.54) is 18.5 Å². The highest BCUT2D eigenvalue weighted by Crippen LogP contribution is 2.31. The average molecular weight is 520 g/mol. The van der Waals surface area contributed by atoms with Gasteiger partial charge in [0.15, 0.2) is 9.84 Å². The van der Waals surface area contributed by atoms with Crippen molar-refractivity contribution >= 4 is 26.4 Å². The Hall–Kier alpha value is -3.47. The number of H-pyrrole nitrogens is 1. The third kappa shape index (κ3) is 5.67. The zero-order valence-electron chi connectivity index (χ0n) is 19.8. The van der Waals surface area contributed by atoms with Gasteiger partial charge in [-0.15, -0.1) is 0 Å². The number of aromatic nitrogens is 2.